The summed E-state index contributed by atoms with van der Waals surface area (Å²) in [6.07, 6.45) is 7.05. The van der Waals surface area contributed by atoms with Gasteiger partial charge in [0.25, 0.3) is 10.1 Å². The van der Waals surface area contributed by atoms with Crippen molar-refractivity contribution in [3.05, 3.63) is 51.9 Å². The van der Waals surface area contributed by atoms with Crippen molar-refractivity contribution in [3.8, 4) is 11.5 Å². The summed E-state index contributed by atoms with van der Waals surface area (Å²) in [5, 5.41) is 0.203. The second kappa shape index (κ2) is 7.23. The van der Waals surface area contributed by atoms with Gasteiger partial charge in [-0.25, -0.2) is 0 Å². The number of hydrogen-bond acceptors (Lipinski definition) is 5. The smallest absolute Gasteiger partial charge is 0.298 e. The standard InChI is InChI=1S/C18H19ClO5S/c1-12-3-8-18(16(19)9-12)25(20,21)23-11-15-7-5-13-4-6-14(22-2)10-17(13)24-15/h4-10,12,15H,3,11H2,1-2H3. The molecule has 7 heteroatoms. The van der Waals surface area contributed by atoms with E-state index < -0.39 is 16.2 Å². The molecule has 5 nitrogen and oxygen atoms in total. The third-order valence-electron chi connectivity index (χ3n) is 3.99. The molecular weight excluding hydrogens is 364 g/mol. The molecule has 2 atom stereocenters. The van der Waals surface area contributed by atoms with Gasteiger partial charge in [0.2, 0.25) is 0 Å². The van der Waals surface area contributed by atoms with E-state index in [1.165, 1.54) is 0 Å². The molecule has 1 aliphatic carbocycles. The number of ether oxygens (including phenoxy) is 2. The summed E-state index contributed by atoms with van der Waals surface area (Å²) in [6.45, 7) is 1.84. The van der Waals surface area contributed by atoms with Gasteiger partial charge in [-0.15, -0.1) is 0 Å². The fraction of sp³-hybridized carbons (Fsp3) is 0.333. The van der Waals surface area contributed by atoms with Gasteiger partial charge in [-0.2, -0.15) is 8.42 Å². The molecule has 0 saturated carbocycles. The van der Waals surface area contributed by atoms with Crippen LogP contribution in [0.4, 0.5) is 0 Å². The Kier molecular flexibility index (Phi) is 5.22. The lowest BCUT2D eigenvalue weighted by Gasteiger charge is -2.22. The molecule has 0 amide bonds. The molecule has 0 saturated heterocycles. The number of rotatable bonds is 5. The van der Waals surface area contributed by atoms with Crippen molar-refractivity contribution >= 4 is 27.8 Å². The number of halogens is 1. The van der Waals surface area contributed by atoms with Crippen LogP contribution in [0.3, 0.4) is 0 Å². The van der Waals surface area contributed by atoms with Crippen LogP contribution in [-0.2, 0) is 14.3 Å². The Bertz CT molecular complexity index is 854. The van der Waals surface area contributed by atoms with Gasteiger partial charge in [-0.1, -0.05) is 36.8 Å². The van der Waals surface area contributed by atoms with Crippen molar-refractivity contribution in [3.63, 3.8) is 0 Å². The molecule has 0 fully saturated rings. The highest BCUT2D eigenvalue weighted by atomic mass is 35.5. The molecule has 25 heavy (non-hydrogen) atoms. The maximum atomic E-state index is 12.4. The predicted octanol–water partition coefficient (Wildman–Crippen LogP) is 3.86. The maximum Gasteiger partial charge on any atom is 0.298 e. The first-order valence-corrected chi connectivity index (χ1v) is 9.68. The first-order valence-electron chi connectivity index (χ1n) is 7.89. The number of methoxy groups -OCH3 is 1. The molecule has 1 heterocycles. The Morgan fingerprint density at radius 3 is 2.88 bits per heavy atom. The third kappa shape index (κ3) is 4.08. The van der Waals surface area contributed by atoms with Crippen LogP contribution in [0.15, 0.2) is 46.4 Å². The average molecular weight is 383 g/mol. The van der Waals surface area contributed by atoms with Crippen molar-refractivity contribution in [1.29, 1.82) is 0 Å². The summed E-state index contributed by atoms with van der Waals surface area (Å²) >= 11 is 6.06. The van der Waals surface area contributed by atoms with Gasteiger partial charge >= 0.3 is 0 Å². The third-order valence-corrected chi connectivity index (χ3v) is 5.80. The highest BCUT2D eigenvalue weighted by Crippen LogP contribution is 2.32. The van der Waals surface area contributed by atoms with E-state index in [0.29, 0.717) is 17.9 Å². The van der Waals surface area contributed by atoms with E-state index in [9.17, 15) is 8.42 Å². The lowest BCUT2D eigenvalue weighted by molar-refractivity contribution is 0.166. The summed E-state index contributed by atoms with van der Waals surface area (Å²) in [4.78, 5) is 0.0223. The summed E-state index contributed by atoms with van der Waals surface area (Å²) in [7, 11) is -2.35. The molecule has 0 aromatic heterocycles. The molecule has 3 rings (SSSR count). The van der Waals surface area contributed by atoms with E-state index in [2.05, 4.69) is 0 Å². The van der Waals surface area contributed by atoms with Crippen LogP contribution in [0.25, 0.3) is 6.08 Å². The number of allylic oxidation sites excluding steroid dienone is 3. The van der Waals surface area contributed by atoms with E-state index in [1.54, 1.807) is 31.4 Å². The van der Waals surface area contributed by atoms with Gasteiger partial charge in [0, 0.05) is 11.6 Å². The Hall–Kier alpha value is -1.76. The van der Waals surface area contributed by atoms with Crippen LogP contribution >= 0.6 is 11.6 Å². The summed E-state index contributed by atoms with van der Waals surface area (Å²) in [5.41, 5.74) is 0.898. The van der Waals surface area contributed by atoms with Gasteiger partial charge in [0.05, 0.1) is 12.1 Å². The van der Waals surface area contributed by atoms with Crippen molar-refractivity contribution in [2.24, 2.45) is 5.92 Å². The fourth-order valence-electron chi connectivity index (χ4n) is 2.62. The topological polar surface area (TPSA) is 61.8 Å². The van der Waals surface area contributed by atoms with E-state index in [0.717, 1.165) is 5.56 Å². The number of fused-ring (bicyclic) bond motifs is 1. The highest BCUT2D eigenvalue weighted by molar-refractivity contribution is 7.91. The molecule has 1 aromatic rings. The van der Waals surface area contributed by atoms with Crippen LogP contribution < -0.4 is 9.47 Å². The Morgan fingerprint density at radius 1 is 1.36 bits per heavy atom. The van der Waals surface area contributed by atoms with E-state index in [4.69, 9.17) is 25.3 Å². The maximum absolute atomic E-state index is 12.4. The van der Waals surface area contributed by atoms with Crippen LogP contribution in [0.1, 0.15) is 18.9 Å². The molecule has 0 radical (unpaired) electrons. The number of benzene rings is 1. The van der Waals surface area contributed by atoms with Gasteiger partial charge in [0.15, 0.2) is 0 Å². The largest absolute Gasteiger partial charge is 0.497 e. The van der Waals surface area contributed by atoms with Crippen LogP contribution in [0, 0.1) is 5.92 Å². The van der Waals surface area contributed by atoms with Gasteiger partial charge < -0.3 is 9.47 Å². The van der Waals surface area contributed by atoms with Gasteiger partial charge in [0.1, 0.15) is 29.1 Å². The summed E-state index contributed by atoms with van der Waals surface area (Å²) in [6, 6.07) is 5.46. The van der Waals surface area contributed by atoms with Crippen molar-refractivity contribution in [2.45, 2.75) is 19.4 Å². The molecule has 2 unspecified atom stereocenters. The minimum absolute atomic E-state index is 0.0223. The lowest BCUT2D eigenvalue weighted by atomic mass is 10.0. The fourth-order valence-corrected chi connectivity index (χ4v) is 4.24. The van der Waals surface area contributed by atoms with Crippen molar-refractivity contribution in [1.82, 2.24) is 0 Å². The predicted molar refractivity (Wildman–Crippen MR) is 97.1 cm³/mol. The SMILES string of the molecule is COc1ccc2c(c1)OC(COS(=O)(=O)C1=CCC(C)C=C1Cl)C=C2. The second-order valence-electron chi connectivity index (χ2n) is 5.95. The quantitative estimate of drug-likeness (QED) is 0.723. The molecular formula is C18H19ClO5S. The van der Waals surface area contributed by atoms with E-state index >= 15 is 0 Å². The Labute approximate surface area is 152 Å². The summed E-state index contributed by atoms with van der Waals surface area (Å²) in [5.74, 6) is 1.50. The molecule has 0 bridgehead atoms. The second-order valence-corrected chi connectivity index (χ2v) is 7.94. The minimum Gasteiger partial charge on any atom is -0.497 e. The molecule has 0 spiro atoms. The molecule has 2 aliphatic rings. The zero-order chi connectivity index (χ0) is 18.0. The Balaban J connectivity index is 1.67. The first kappa shape index (κ1) is 18.0. The highest BCUT2D eigenvalue weighted by Gasteiger charge is 2.27. The zero-order valence-electron chi connectivity index (χ0n) is 13.9. The Morgan fingerprint density at radius 2 is 2.16 bits per heavy atom. The van der Waals surface area contributed by atoms with Crippen LogP contribution in [0.5, 0.6) is 11.5 Å². The number of hydrogen-bond donors (Lipinski definition) is 0. The van der Waals surface area contributed by atoms with Crippen LogP contribution in [-0.4, -0.2) is 28.2 Å². The van der Waals surface area contributed by atoms with Crippen molar-refractivity contribution in [2.75, 3.05) is 13.7 Å². The molecule has 1 aliphatic heterocycles. The monoisotopic (exact) mass is 382 g/mol. The van der Waals surface area contributed by atoms with E-state index in [1.807, 2.05) is 25.1 Å². The lowest BCUT2D eigenvalue weighted by Crippen LogP contribution is -2.25. The molecule has 0 N–H and O–H groups in total. The summed E-state index contributed by atoms with van der Waals surface area (Å²) < 4.78 is 40.9. The van der Waals surface area contributed by atoms with Gasteiger partial charge in [-0.05, 0) is 30.5 Å². The zero-order valence-corrected chi connectivity index (χ0v) is 15.5. The van der Waals surface area contributed by atoms with Crippen molar-refractivity contribution < 1.29 is 22.1 Å². The minimum atomic E-state index is -3.92. The van der Waals surface area contributed by atoms with E-state index in [-0.39, 0.29) is 22.5 Å². The van der Waals surface area contributed by atoms with Gasteiger partial charge in [-0.3, -0.25) is 4.18 Å². The average Bonchev–Trinajstić information content (AvgIpc) is 2.59. The first-order chi connectivity index (χ1) is 11.9. The molecule has 1 aromatic carbocycles. The van der Waals surface area contributed by atoms with Crippen LogP contribution in [0.2, 0.25) is 0 Å². The normalized spacial score (nSPS) is 22.5. The molecule has 134 valence electrons.